The fraction of sp³-hybridized carbons (Fsp3) is 0.172. The Morgan fingerprint density at radius 2 is 1.89 bits per heavy atom. The Bertz CT molecular complexity index is 1460. The number of Topliss-reactive ketones (excluding diaryl/α,β-unsaturated/α-hetero) is 1. The van der Waals surface area contributed by atoms with Crippen molar-refractivity contribution in [3.63, 3.8) is 0 Å². The summed E-state index contributed by atoms with van der Waals surface area (Å²) in [5.74, 6) is 1.40. The van der Waals surface area contributed by atoms with Crippen LogP contribution in [0.3, 0.4) is 0 Å². The number of fused-ring (bicyclic) bond motifs is 2. The summed E-state index contributed by atoms with van der Waals surface area (Å²) in [7, 11) is 0. The predicted molar refractivity (Wildman–Crippen MR) is 136 cm³/mol. The Morgan fingerprint density at radius 1 is 1.00 bits per heavy atom. The summed E-state index contributed by atoms with van der Waals surface area (Å²) in [5, 5.41) is 0. The number of nitrogens with two attached hydrogens (primary N) is 1. The monoisotopic (exact) mass is 460 g/mol. The summed E-state index contributed by atoms with van der Waals surface area (Å²) in [5.41, 5.74) is 13.6. The Labute approximate surface area is 203 Å². The zero-order chi connectivity index (χ0) is 23.8. The van der Waals surface area contributed by atoms with Crippen LogP contribution >= 0.6 is 0 Å². The molecule has 1 aromatic heterocycles. The van der Waals surface area contributed by atoms with Gasteiger partial charge in [-0.25, -0.2) is 9.97 Å². The number of anilines is 1. The Balaban J connectivity index is 1.21. The maximum absolute atomic E-state index is 12.9. The van der Waals surface area contributed by atoms with Crippen LogP contribution < -0.4 is 10.5 Å². The number of rotatable bonds is 5. The number of aromatic nitrogens is 2. The molecular formula is C29H24N4O2. The maximum Gasteiger partial charge on any atom is 0.220 e. The molecule has 2 aliphatic heterocycles. The van der Waals surface area contributed by atoms with Crippen molar-refractivity contribution in [1.29, 1.82) is 0 Å². The highest BCUT2D eigenvalue weighted by atomic mass is 16.5. The average Bonchev–Trinajstić information content (AvgIpc) is 3.32. The molecule has 0 fully saturated rings. The summed E-state index contributed by atoms with van der Waals surface area (Å²) < 4.78 is 6.08. The van der Waals surface area contributed by atoms with E-state index in [1.165, 1.54) is 5.56 Å². The number of hydrogen-bond acceptors (Lipinski definition) is 6. The van der Waals surface area contributed by atoms with Crippen LogP contribution in [0.4, 0.5) is 11.6 Å². The molecule has 3 aromatic carbocycles. The molecule has 6 rings (SSSR count). The maximum atomic E-state index is 12.9. The van der Waals surface area contributed by atoms with Crippen molar-refractivity contribution in [1.82, 2.24) is 9.97 Å². The number of hydrogen-bond donors (Lipinski definition) is 1. The molecule has 4 aromatic rings. The molecule has 172 valence electrons. The topological polar surface area (TPSA) is 90.5 Å². The van der Waals surface area contributed by atoms with Crippen LogP contribution in [-0.2, 0) is 19.3 Å². The first-order valence-electron chi connectivity index (χ1n) is 11.7. The van der Waals surface area contributed by atoms with Gasteiger partial charge in [0.05, 0.1) is 18.0 Å². The third kappa shape index (κ3) is 4.30. The predicted octanol–water partition coefficient (Wildman–Crippen LogP) is 5.03. The van der Waals surface area contributed by atoms with Gasteiger partial charge in [0.25, 0.3) is 0 Å². The number of ether oxygens (including phenoxy) is 1. The molecule has 1 unspecified atom stereocenters. The van der Waals surface area contributed by atoms with Crippen molar-refractivity contribution >= 4 is 23.1 Å². The lowest BCUT2D eigenvalue weighted by molar-refractivity contribution is 0.0992. The van der Waals surface area contributed by atoms with Crippen molar-refractivity contribution < 1.29 is 9.53 Å². The smallest absolute Gasteiger partial charge is 0.220 e. The molecule has 0 aliphatic carbocycles. The zero-order valence-electron chi connectivity index (χ0n) is 19.1. The summed E-state index contributed by atoms with van der Waals surface area (Å²) in [6, 6.07) is 23.7. The van der Waals surface area contributed by atoms with Gasteiger partial charge in [0, 0.05) is 41.8 Å². The van der Waals surface area contributed by atoms with Gasteiger partial charge >= 0.3 is 0 Å². The number of carbonyl (C=O) groups excluding carboxylic acids is 1. The molecule has 6 heteroatoms. The van der Waals surface area contributed by atoms with Crippen LogP contribution in [0.15, 0.2) is 84.0 Å². The quantitative estimate of drug-likeness (QED) is 0.422. The van der Waals surface area contributed by atoms with E-state index >= 15 is 0 Å². The minimum Gasteiger partial charge on any atom is -0.493 e. The fourth-order valence-electron chi connectivity index (χ4n) is 4.80. The molecule has 6 nitrogen and oxygen atoms in total. The molecule has 0 spiro atoms. The fourth-order valence-corrected chi connectivity index (χ4v) is 4.80. The zero-order valence-corrected chi connectivity index (χ0v) is 19.1. The second kappa shape index (κ2) is 8.80. The van der Waals surface area contributed by atoms with Crippen LogP contribution in [0.5, 0.6) is 5.75 Å². The molecular weight excluding hydrogens is 436 g/mol. The van der Waals surface area contributed by atoms with E-state index in [9.17, 15) is 4.79 Å². The van der Waals surface area contributed by atoms with E-state index in [1.807, 2.05) is 54.6 Å². The number of carbonyl (C=O) groups is 1. The molecule has 0 bridgehead atoms. The summed E-state index contributed by atoms with van der Waals surface area (Å²) in [6.07, 6.45) is 3.67. The molecule has 0 saturated heterocycles. The average molecular weight is 461 g/mol. The van der Waals surface area contributed by atoms with Crippen molar-refractivity contribution in [2.75, 3.05) is 12.3 Å². The SMILES string of the molecule is Nc1nccc(-c2ccc3c(c2)N=C(C2COc4ccc(C(=O)Cc5ccccc5)cc4C2)C3)n1. The van der Waals surface area contributed by atoms with Crippen LogP contribution in [0.1, 0.15) is 27.0 Å². The lowest BCUT2D eigenvalue weighted by Crippen LogP contribution is -2.28. The molecule has 0 amide bonds. The van der Waals surface area contributed by atoms with Crippen molar-refractivity contribution in [3.8, 4) is 17.0 Å². The van der Waals surface area contributed by atoms with Crippen LogP contribution in [0.2, 0.25) is 0 Å². The van der Waals surface area contributed by atoms with E-state index < -0.39 is 0 Å². The van der Waals surface area contributed by atoms with Gasteiger partial charge in [0.2, 0.25) is 5.95 Å². The lowest BCUT2D eigenvalue weighted by atomic mass is 9.89. The van der Waals surface area contributed by atoms with E-state index in [0.29, 0.717) is 13.0 Å². The minimum atomic E-state index is 0.115. The normalized spacial score (nSPS) is 16.1. The van der Waals surface area contributed by atoms with Gasteiger partial charge in [-0.1, -0.05) is 42.5 Å². The third-order valence-electron chi connectivity index (χ3n) is 6.66. The second-order valence-electron chi connectivity index (χ2n) is 9.04. The Morgan fingerprint density at radius 3 is 2.74 bits per heavy atom. The van der Waals surface area contributed by atoms with Crippen LogP contribution in [-0.4, -0.2) is 28.1 Å². The van der Waals surface area contributed by atoms with Gasteiger partial charge in [0.1, 0.15) is 5.75 Å². The first-order valence-corrected chi connectivity index (χ1v) is 11.7. The van der Waals surface area contributed by atoms with Gasteiger partial charge in [0.15, 0.2) is 5.78 Å². The number of nitrogens with zero attached hydrogens (tertiary/aromatic N) is 3. The number of benzene rings is 3. The van der Waals surface area contributed by atoms with E-state index in [4.69, 9.17) is 15.5 Å². The number of ketones is 1. The molecule has 0 radical (unpaired) electrons. The van der Waals surface area contributed by atoms with E-state index in [2.05, 4.69) is 28.2 Å². The highest BCUT2D eigenvalue weighted by molar-refractivity contribution is 5.98. The van der Waals surface area contributed by atoms with Gasteiger partial charge in [-0.05, 0) is 53.4 Å². The summed E-state index contributed by atoms with van der Waals surface area (Å²) in [4.78, 5) is 26.1. The first-order chi connectivity index (χ1) is 17.1. The molecule has 35 heavy (non-hydrogen) atoms. The number of aliphatic imine (C=N–C) groups is 1. The van der Waals surface area contributed by atoms with E-state index in [1.54, 1.807) is 6.20 Å². The van der Waals surface area contributed by atoms with Crippen molar-refractivity contribution in [2.24, 2.45) is 10.9 Å². The lowest BCUT2D eigenvalue weighted by Gasteiger charge is -2.26. The summed E-state index contributed by atoms with van der Waals surface area (Å²) >= 11 is 0. The van der Waals surface area contributed by atoms with Crippen molar-refractivity contribution in [3.05, 3.63) is 101 Å². The molecule has 3 heterocycles. The highest BCUT2D eigenvalue weighted by Gasteiger charge is 2.28. The van der Waals surface area contributed by atoms with Crippen molar-refractivity contribution in [2.45, 2.75) is 19.3 Å². The second-order valence-corrected chi connectivity index (χ2v) is 9.04. The molecule has 2 N–H and O–H groups in total. The Hall–Kier alpha value is -4.32. The molecule has 0 saturated carbocycles. The summed E-state index contributed by atoms with van der Waals surface area (Å²) in [6.45, 7) is 0.590. The first kappa shape index (κ1) is 21.2. The highest BCUT2D eigenvalue weighted by Crippen LogP contribution is 2.36. The molecule has 1 atom stereocenters. The standard InChI is InChI=1S/C29H24N4O2/c30-29-31-11-10-24(33-29)19-6-7-20-16-26(32-25(20)15-19)23-14-22-13-21(8-9-28(22)35-17-23)27(34)12-18-4-2-1-3-5-18/h1-11,13,15,23H,12,14,16-17H2,(H2,30,31,33). The van der Waals surface area contributed by atoms with Gasteiger partial charge in [-0.3, -0.25) is 9.79 Å². The van der Waals surface area contributed by atoms with E-state index in [-0.39, 0.29) is 17.6 Å². The third-order valence-corrected chi connectivity index (χ3v) is 6.66. The molecule has 2 aliphatic rings. The van der Waals surface area contributed by atoms with Gasteiger partial charge in [-0.15, -0.1) is 0 Å². The Kier molecular flexibility index (Phi) is 5.34. The van der Waals surface area contributed by atoms with Crippen LogP contribution in [0, 0.1) is 5.92 Å². The van der Waals surface area contributed by atoms with Gasteiger partial charge in [-0.2, -0.15) is 0 Å². The van der Waals surface area contributed by atoms with Crippen LogP contribution in [0.25, 0.3) is 11.3 Å². The number of nitrogen functional groups attached to an aromatic ring is 1. The minimum absolute atomic E-state index is 0.115. The van der Waals surface area contributed by atoms with Gasteiger partial charge < -0.3 is 10.5 Å². The largest absolute Gasteiger partial charge is 0.493 e. The van der Waals surface area contributed by atoms with E-state index in [0.717, 1.165) is 57.9 Å².